The molecule has 0 aromatic carbocycles. The Morgan fingerprint density at radius 1 is 0.933 bits per heavy atom. The summed E-state index contributed by atoms with van der Waals surface area (Å²) in [5.41, 5.74) is 0.575. The van der Waals surface area contributed by atoms with Gasteiger partial charge in [-0.2, -0.15) is 0 Å². The van der Waals surface area contributed by atoms with Crippen LogP contribution >= 0.6 is 0 Å². The van der Waals surface area contributed by atoms with E-state index in [1.54, 1.807) is 6.92 Å². The zero-order chi connectivity index (χ0) is 21.5. The molecule has 4 saturated carbocycles. The van der Waals surface area contributed by atoms with Gasteiger partial charge in [-0.25, -0.2) is 4.79 Å². The molecule has 0 amide bonds. The average Bonchev–Trinajstić information content (AvgIpc) is 2.62. The van der Waals surface area contributed by atoms with Gasteiger partial charge in [-0.1, -0.05) is 6.58 Å². The summed E-state index contributed by atoms with van der Waals surface area (Å²) in [6.07, 6.45) is 7.88. The summed E-state index contributed by atoms with van der Waals surface area (Å²) >= 11 is 0. The van der Waals surface area contributed by atoms with E-state index in [0.29, 0.717) is 18.6 Å². The zero-order valence-corrected chi connectivity index (χ0v) is 18.6. The number of carbonyl (C=O) groups is 2. The Morgan fingerprint density at radius 2 is 1.50 bits per heavy atom. The summed E-state index contributed by atoms with van der Waals surface area (Å²) in [6.45, 7) is 9.50. The average molecular weight is 421 g/mol. The van der Waals surface area contributed by atoms with Crippen LogP contribution in [0.4, 0.5) is 0 Å². The van der Waals surface area contributed by atoms with Crippen molar-refractivity contribution in [3.63, 3.8) is 0 Å². The van der Waals surface area contributed by atoms with Crippen LogP contribution in [0, 0.1) is 23.2 Å². The van der Waals surface area contributed by atoms with Crippen LogP contribution in [-0.2, 0) is 28.5 Å². The first kappa shape index (κ1) is 21.8. The van der Waals surface area contributed by atoms with E-state index >= 15 is 0 Å². The van der Waals surface area contributed by atoms with Crippen molar-refractivity contribution >= 4 is 11.9 Å². The number of esters is 2. The highest BCUT2D eigenvalue weighted by Gasteiger charge is 2.51. The molecule has 1 heterocycles. The van der Waals surface area contributed by atoms with Crippen molar-refractivity contribution < 1.29 is 28.5 Å². The smallest absolute Gasteiger partial charge is 0.333 e. The van der Waals surface area contributed by atoms with Crippen LogP contribution < -0.4 is 0 Å². The number of hydrogen-bond donors (Lipinski definition) is 0. The topological polar surface area (TPSA) is 71.1 Å². The molecule has 0 aromatic heterocycles. The number of rotatable bonds is 7. The fourth-order valence-corrected chi connectivity index (χ4v) is 6.68. The van der Waals surface area contributed by atoms with Gasteiger partial charge in [0.15, 0.2) is 5.79 Å². The quantitative estimate of drug-likeness (QED) is 0.455. The minimum absolute atomic E-state index is 0.122. The number of hydrogen-bond acceptors (Lipinski definition) is 6. The molecule has 6 nitrogen and oxygen atoms in total. The van der Waals surface area contributed by atoms with Gasteiger partial charge in [0.2, 0.25) is 0 Å². The maximum absolute atomic E-state index is 12.6. The summed E-state index contributed by atoms with van der Waals surface area (Å²) in [6, 6.07) is 0. The zero-order valence-electron chi connectivity index (χ0n) is 18.6. The van der Waals surface area contributed by atoms with Crippen LogP contribution in [0.2, 0.25) is 0 Å². The molecule has 0 aromatic rings. The summed E-state index contributed by atoms with van der Waals surface area (Å²) in [4.78, 5) is 24.3. The van der Waals surface area contributed by atoms with E-state index < -0.39 is 11.8 Å². The fourth-order valence-electron chi connectivity index (χ4n) is 6.68. The lowest BCUT2D eigenvalue weighted by molar-refractivity contribution is -0.304. The standard InChI is InChI=1S/C24H36O6/c1-15(2)22(26)27-13-20-8-19(29-23(3,4)30-20)9-21(25)28-14-24-10-16-5-17(11-24)7-18(6-16)12-24/h16-20H,1,5-14H2,2-4H3. The monoisotopic (exact) mass is 420 g/mol. The Morgan fingerprint density at radius 3 is 2.07 bits per heavy atom. The Labute approximate surface area is 179 Å². The third-order valence-electron chi connectivity index (χ3n) is 7.27. The van der Waals surface area contributed by atoms with Crippen LogP contribution in [0.3, 0.4) is 0 Å². The predicted molar refractivity (Wildman–Crippen MR) is 110 cm³/mol. The van der Waals surface area contributed by atoms with Gasteiger partial charge in [-0.15, -0.1) is 0 Å². The molecule has 2 atom stereocenters. The van der Waals surface area contributed by atoms with E-state index in [1.807, 2.05) is 13.8 Å². The molecule has 30 heavy (non-hydrogen) atoms. The maximum atomic E-state index is 12.6. The Kier molecular flexibility index (Phi) is 6.01. The molecular formula is C24H36O6. The van der Waals surface area contributed by atoms with E-state index in [4.69, 9.17) is 18.9 Å². The van der Waals surface area contributed by atoms with Gasteiger partial charge in [0.1, 0.15) is 6.61 Å². The van der Waals surface area contributed by atoms with E-state index in [9.17, 15) is 9.59 Å². The molecular weight excluding hydrogens is 384 g/mol. The molecule has 0 radical (unpaired) electrons. The largest absolute Gasteiger partial charge is 0.465 e. The van der Waals surface area contributed by atoms with Crippen LogP contribution in [0.15, 0.2) is 12.2 Å². The van der Waals surface area contributed by atoms with Gasteiger partial charge >= 0.3 is 11.9 Å². The molecule has 6 heteroatoms. The summed E-state index contributed by atoms with van der Waals surface area (Å²) in [5, 5.41) is 0. The Balaban J connectivity index is 1.27. The second kappa shape index (κ2) is 8.27. The minimum atomic E-state index is -0.844. The molecule has 5 fully saturated rings. The first-order valence-electron chi connectivity index (χ1n) is 11.5. The van der Waals surface area contributed by atoms with E-state index in [1.165, 1.54) is 38.5 Å². The van der Waals surface area contributed by atoms with Gasteiger partial charge in [0.05, 0.1) is 25.2 Å². The van der Waals surface area contributed by atoms with Gasteiger partial charge in [0.25, 0.3) is 0 Å². The number of carbonyl (C=O) groups excluding carboxylic acids is 2. The van der Waals surface area contributed by atoms with E-state index in [0.717, 1.165) is 17.8 Å². The fraction of sp³-hybridized carbons (Fsp3) is 0.833. The molecule has 0 N–H and O–H groups in total. The van der Waals surface area contributed by atoms with Crippen molar-refractivity contribution in [3.05, 3.63) is 12.2 Å². The van der Waals surface area contributed by atoms with Crippen LogP contribution in [0.5, 0.6) is 0 Å². The van der Waals surface area contributed by atoms with Crippen molar-refractivity contribution in [1.82, 2.24) is 0 Å². The SMILES string of the molecule is C=C(C)C(=O)OCC1CC(CC(=O)OCC23CC4CC(CC(C4)C2)C3)OC(C)(C)O1. The first-order valence-corrected chi connectivity index (χ1v) is 11.5. The van der Waals surface area contributed by atoms with Crippen molar-refractivity contribution in [2.45, 2.75) is 90.1 Å². The molecule has 4 aliphatic carbocycles. The molecule has 0 spiro atoms. The molecule has 1 aliphatic heterocycles. The normalized spacial score (nSPS) is 38.8. The van der Waals surface area contributed by atoms with E-state index in [-0.39, 0.29) is 36.6 Å². The summed E-state index contributed by atoms with van der Waals surface area (Å²) in [5.74, 6) is 1.05. The van der Waals surface area contributed by atoms with Crippen LogP contribution in [-0.4, -0.2) is 43.1 Å². The first-order chi connectivity index (χ1) is 14.1. The highest BCUT2D eigenvalue weighted by Crippen LogP contribution is 2.60. The van der Waals surface area contributed by atoms with Crippen molar-refractivity contribution in [2.24, 2.45) is 23.2 Å². The maximum Gasteiger partial charge on any atom is 0.333 e. The summed E-state index contributed by atoms with van der Waals surface area (Å²) in [7, 11) is 0. The van der Waals surface area contributed by atoms with Gasteiger partial charge < -0.3 is 18.9 Å². The Hall–Kier alpha value is -1.40. The third kappa shape index (κ3) is 5.08. The molecule has 4 bridgehead atoms. The minimum Gasteiger partial charge on any atom is -0.465 e. The second-order valence-electron chi connectivity index (χ2n) is 10.8. The van der Waals surface area contributed by atoms with E-state index in [2.05, 4.69) is 6.58 Å². The highest BCUT2D eigenvalue weighted by atomic mass is 16.7. The highest BCUT2D eigenvalue weighted by molar-refractivity contribution is 5.86. The molecule has 1 saturated heterocycles. The lowest BCUT2D eigenvalue weighted by Gasteiger charge is -2.56. The second-order valence-corrected chi connectivity index (χ2v) is 10.8. The van der Waals surface area contributed by atoms with Crippen LogP contribution in [0.25, 0.3) is 0 Å². The van der Waals surface area contributed by atoms with Gasteiger partial charge in [0, 0.05) is 17.4 Å². The van der Waals surface area contributed by atoms with Crippen molar-refractivity contribution in [1.29, 1.82) is 0 Å². The lowest BCUT2D eigenvalue weighted by atomic mass is 9.50. The molecule has 5 aliphatic rings. The molecule has 5 rings (SSSR count). The molecule has 168 valence electrons. The summed E-state index contributed by atoms with van der Waals surface area (Å²) < 4.78 is 22.8. The molecule has 2 unspecified atom stereocenters. The lowest BCUT2D eigenvalue weighted by Crippen LogP contribution is -2.49. The van der Waals surface area contributed by atoms with Gasteiger partial charge in [-0.3, -0.25) is 4.79 Å². The predicted octanol–water partition coefficient (Wildman–Crippen LogP) is 4.17. The Bertz CT molecular complexity index is 661. The van der Waals surface area contributed by atoms with Crippen LogP contribution in [0.1, 0.15) is 72.1 Å². The van der Waals surface area contributed by atoms with Crippen molar-refractivity contribution in [2.75, 3.05) is 13.2 Å². The third-order valence-corrected chi connectivity index (χ3v) is 7.27. The van der Waals surface area contributed by atoms with Crippen molar-refractivity contribution in [3.8, 4) is 0 Å². The van der Waals surface area contributed by atoms with Gasteiger partial charge in [-0.05, 0) is 77.0 Å². The number of ether oxygens (including phenoxy) is 4.